The average Bonchev–Trinajstić information content (AvgIpc) is 3.20. The van der Waals surface area contributed by atoms with Gasteiger partial charge in [-0.3, -0.25) is 4.90 Å². The molecule has 1 aromatic heterocycles. The third-order valence-corrected chi connectivity index (χ3v) is 6.49. The highest BCUT2D eigenvalue weighted by Crippen LogP contribution is 2.24. The maximum Gasteiger partial charge on any atom is 0.110 e. The van der Waals surface area contributed by atoms with Gasteiger partial charge in [0.1, 0.15) is 5.82 Å². The molecule has 1 fully saturated rings. The van der Waals surface area contributed by atoms with E-state index in [0.29, 0.717) is 0 Å². The van der Waals surface area contributed by atoms with E-state index in [-0.39, 0.29) is 10.8 Å². The zero-order valence-corrected chi connectivity index (χ0v) is 21.9. The Morgan fingerprint density at radius 3 is 1.97 bits per heavy atom. The van der Waals surface area contributed by atoms with Crippen molar-refractivity contribution in [2.75, 3.05) is 13.1 Å². The fourth-order valence-corrected chi connectivity index (χ4v) is 4.28. The average molecular weight is 446 g/mol. The first kappa shape index (κ1) is 25.2. The fourth-order valence-electron chi connectivity index (χ4n) is 4.28. The lowest BCUT2D eigenvalue weighted by molar-refractivity contribution is 0.221. The highest BCUT2D eigenvalue weighted by atomic mass is 15.1. The quantitative estimate of drug-likeness (QED) is 0.417. The van der Waals surface area contributed by atoms with Crippen molar-refractivity contribution >= 4 is 0 Å². The summed E-state index contributed by atoms with van der Waals surface area (Å²) in [5.41, 5.74) is 5.92. The molecule has 0 aliphatic carbocycles. The molecule has 3 heteroatoms. The highest BCUT2D eigenvalue weighted by Gasteiger charge is 2.15. The van der Waals surface area contributed by atoms with Gasteiger partial charge in [0.2, 0.25) is 0 Å². The van der Waals surface area contributed by atoms with Crippen molar-refractivity contribution in [1.82, 2.24) is 14.5 Å². The molecule has 0 N–H and O–H groups in total. The van der Waals surface area contributed by atoms with E-state index >= 15 is 0 Å². The minimum atomic E-state index is 0.211. The minimum Gasteiger partial charge on any atom is -0.304 e. The molecule has 0 saturated carbocycles. The van der Waals surface area contributed by atoms with Crippen LogP contribution in [0.15, 0.2) is 60.9 Å². The van der Waals surface area contributed by atoms with Gasteiger partial charge in [-0.15, -0.1) is 0 Å². The molecular weight excluding hydrogens is 402 g/mol. The van der Waals surface area contributed by atoms with E-state index < -0.39 is 0 Å². The third kappa shape index (κ3) is 7.30. The van der Waals surface area contributed by atoms with Crippen molar-refractivity contribution in [3.8, 4) is 5.69 Å². The van der Waals surface area contributed by atoms with E-state index in [1.54, 1.807) is 0 Å². The van der Waals surface area contributed by atoms with Crippen LogP contribution in [0, 0.1) is 6.92 Å². The number of imidazole rings is 1. The number of nitrogens with zero attached hydrogens (tertiary/aromatic N) is 3. The van der Waals surface area contributed by atoms with Gasteiger partial charge < -0.3 is 4.57 Å². The molecule has 3 nitrogen and oxygen atoms in total. The second-order valence-electron chi connectivity index (χ2n) is 11.4. The van der Waals surface area contributed by atoms with E-state index in [1.165, 1.54) is 54.7 Å². The topological polar surface area (TPSA) is 21.1 Å². The zero-order chi connectivity index (χ0) is 24.1. The Morgan fingerprint density at radius 2 is 1.42 bits per heavy atom. The minimum absolute atomic E-state index is 0.211. The van der Waals surface area contributed by atoms with Crippen molar-refractivity contribution in [2.45, 2.75) is 85.1 Å². The molecule has 2 heterocycles. The number of hydrogen-bond acceptors (Lipinski definition) is 2. The summed E-state index contributed by atoms with van der Waals surface area (Å²) in [6.07, 6.45) is 7.98. The van der Waals surface area contributed by atoms with E-state index in [4.69, 9.17) is 0 Å². The van der Waals surface area contributed by atoms with Crippen LogP contribution < -0.4 is 0 Å². The van der Waals surface area contributed by atoms with Crippen molar-refractivity contribution < 1.29 is 0 Å². The summed E-state index contributed by atoms with van der Waals surface area (Å²) >= 11 is 0. The molecule has 4 rings (SSSR count). The van der Waals surface area contributed by atoms with Crippen LogP contribution in [-0.2, 0) is 17.4 Å². The summed E-state index contributed by atoms with van der Waals surface area (Å²) < 4.78 is 2.09. The zero-order valence-electron chi connectivity index (χ0n) is 21.9. The van der Waals surface area contributed by atoms with Crippen LogP contribution in [-0.4, -0.2) is 27.5 Å². The third-order valence-electron chi connectivity index (χ3n) is 6.49. The van der Waals surface area contributed by atoms with Crippen LogP contribution in [0.5, 0.6) is 0 Å². The van der Waals surface area contributed by atoms with Crippen molar-refractivity contribution in [3.05, 3.63) is 83.4 Å². The summed E-state index contributed by atoms with van der Waals surface area (Å²) in [7, 11) is 0. The van der Waals surface area contributed by atoms with Crippen LogP contribution in [0.1, 0.15) is 83.3 Å². The maximum absolute atomic E-state index is 4.23. The Morgan fingerprint density at radius 1 is 0.788 bits per heavy atom. The maximum atomic E-state index is 4.23. The van der Waals surface area contributed by atoms with Crippen molar-refractivity contribution in [3.63, 3.8) is 0 Å². The molecule has 1 aliphatic rings. The Kier molecular flexibility index (Phi) is 8.18. The predicted molar refractivity (Wildman–Crippen MR) is 141 cm³/mol. The number of likely N-dealkylation sites (tertiary alicyclic amines) is 1. The van der Waals surface area contributed by atoms with E-state index in [0.717, 1.165) is 12.4 Å². The second kappa shape index (κ2) is 10.7. The van der Waals surface area contributed by atoms with Crippen LogP contribution in [0.4, 0.5) is 0 Å². The van der Waals surface area contributed by atoms with Gasteiger partial charge in [0.05, 0.1) is 0 Å². The molecular formula is C30H43N3. The molecule has 1 aliphatic heterocycles. The smallest absolute Gasteiger partial charge is 0.110 e. The highest BCUT2D eigenvalue weighted by molar-refractivity contribution is 5.37. The van der Waals surface area contributed by atoms with Crippen molar-refractivity contribution in [1.29, 1.82) is 0 Å². The van der Waals surface area contributed by atoms with Gasteiger partial charge in [-0.2, -0.15) is 0 Å². The molecule has 1 saturated heterocycles. The van der Waals surface area contributed by atoms with Gasteiger partial charge in [-0.25, -0.2) is 4.98 Å². The monoisotopic (exact) mass is 445 g/mol. The van der Waals surface area contributed by atoms with E-state index in [1.807, 2.05) is 19.3 Å². The van der Waals surface area contributed by atoms with Gasteiger partial charge in [-0.05, 0) is 72.5 Å². The Bertz CT molecular complexity index is 994. The molecule has 33 heavy (non-hydrogen) atoms. The molecule has 178 valence electrons. The lowest BCUT2D eigenvalue weighted by Crippen LogP contribution is -2.29. The molecule has 0 spiro atoms. The molecule has 2 aromatic carbocycles. The Hall–Kier alpha value is -2.39. The van der Waals surface area contributed by atoms with Gasteiger partial charge in [0.15, 0.2) is 0 Å². The van der Waals surface area contributed by atoms with E-state index in [2.05, 4.69) is 105 Å². The normalized spacial score (nSPS) is 15.1. The van der Waals surface area contributed by atoms with Crippen LogP contribution in [0.25, 0.3) is 5.69 Å². The Balaban J connectivity index is 0.000000186. The first-order valence-corrected chi connectivity index (χ1v) is 12.5. The Labute approximate surface area is 201 Å². The number of piperidine rings is 1. The van der Waals surface area contributed by atoms with Gasteiger partial charge >= 0.3 is 0 Å². The second-order valence-corrected chi connectivity index (χ2v) is 11.4. The number of aromatic nitrogens is 2. The molecule has 0 atom stereocenters. The summed E-state index contributed by atoms with van der Waals surface area (Å²) in [6.45, 7) is 19.2. The van der Waals surface area contributed by atoms with E-state index in [9.17, 15) is 0 Å². The molecule has 0 radical (unpaired) electrons. The van der Waals surface area contributed by atoms with Crippen molar-refractivity contribution in [2.24, 2.45) is 0 Å². The molecule has 3 aromatic rings. The summed E-state index contributed by atoms with van der Waals surface area (Å²) in [4.78, 5) is 6.82. The standard InChI is InChI=1S/C16H25N.C14H18N2/c1-16(2,3)15-9-7-8-14(12-15)13-17-10-5-4-6-11-17;1-11-15-9-10-16(11)13-7-5-12(6-8-13)14(2,3)4/h7-9,12H,4-6,10-11,13H2,1-3H3;5-10H,1-4H3. The largest absolute Gasteiger partial charge is 0.304 e. The SMILES string of the molecule is CC(C)(C)c1cccc(CN2CCCCC2)c1.Cc1nccn1-c1ccc(C(C)(C)C)cc1. The van der Waals surface area contributed by atoms with Crippen LogP contribution in [0.3, 0.4) is 0 Å². The molecule has 0 bridgehead atoms. The van der Waals surface area contributed by atoms with Crippen LogP contribution in [0.2, 0.25) is 0 Å². The lowest BCUT2D eigenvalue weighted by Gasteiger charge is -2.27. The fraction of sp³-hybridized carbons (Fsp3) is 0.500. The predicted octanol–water partition coefficient (Wildman–Crippen LogP) is 7.45. The van der Waals surface area contributed by atoms with Gasteiger partial charge in [0, 0.05) is 24.6 Å². The first-order chi connectivity index (χ1) is 15.5. The number of aryl methyl sites for hydroxylation is 1. The van der Waals surface area contributed by atoms with Crippen LogP contribution >= 0.6 is 0 Å². The summed E-state index contributed by atoms with van der Waals surface area (Å²) in [6, 6.07) is 17.8. The molecule has 0 amide bonds. The summed E-state index contributed by atoms with van der Waals surface area (Å²) in [5, 5.41) is 0. The number of hydrogen-bond donors (Lipinski definition) is 0. The van der Waals surface area contributed by atoms with Gasteiger partial charge in [-0.1, -0.05) is 84.4 Å². The van der Waals surface area contributed by atoms with Gasteiger partial charge in [0.25, 0.3) is 0 Å². The number of benzene rings is 2. The molecule has 0 unspecified atom stereocenters. The lowest BCUT2D eigenvalue weighted by atomic mass is 9.86. The number of rotatable bonds is 3. The first-order valence-electron chi connectivity index (χ1n) is 12.5. The summed E-state index contributed by atoms with van der Waals surface area (Å²) in [5.74, 6) is 1.02.